The standard InChI is InChI=1S/C17H27FN2O/c1-5-20(6-2)14(4)12-19-17(21)11-13(3)15-7-9-16(18)10-8-15/h7-10,13-14H,5-6,11-12H2,1-4H3,(H,19,21). The molecule has 0 saturated heterocycles. The Morgan fingerprint density at radius 3 is 2.29 bits per heavy atom. The lowest BCUT2D eigenvalue weighted by molar-refractivity contribution is -0.121. The summed E-state index contributed by atoms with van der Waals surface area (Å²) in [5.74, 6) is -0.108. The molecule has 0 bridgehead atoms. The van der Waals surface area contributed by atoms with E-state index in [2.05, 4.69) is 31.0 Å². The summed E-state index contributed by atoms with van der Waals surface area (Å²) in [7, 11) is 0. The number of hydrogen-bond donors (Lipinski definition) is 1. The maximum Gasteiger partial charge on any atom is 0.220 e. The van der Waals surface area contributed by atoms with Crippen LogP contribution in [0.3, 0.4) is 0 Å². The maximum atomic E-state index is 12.9. The second-order valence-electron chi connectivity index (χ2n) is 5.53. The van der Waals surface area contributed by atoms with Crippen molar-refractivity contribution in [2.75, 3.05) is 19.6 Å². The fourth-order valence-electron chi connectivity index (χ4n) is 2.50. The summed E-state index contributed by atoms with van der Waals surface area (Å²) in [5, 5.41) is 2.99. The van der Waals surface area contributed by atoms with Crippen LogP contribution in [0.2, 0.25) is 0 Å². The maximum absolute atomic E-state index is 12.9. The van der Waals surface area contributed by atoms with Gasteiger partial charge in [-0.05, 0) is 43.6 Å². The van der Waals surface area contributed by atoms with Crippen molar-refractivity contribution in [3.63, 3.8) is 0 Å². The summed E-state index contributed by atoms with van der Waals surface area (Å²) < 4.78 is 12.9. The van der Waals surface area contributed by atoms with Gasteiger partial charge in [0.25, 0.3) is 0 Å². The minimum Gasteiger partial charge on any atom is -0.355 e. The molecule has 4 heteroatoms. The summed E-state index contributed by atoms with van der Waals surface area (Å²) in [6, 6.07) is 6.70. The average molecular weight is 294 g/mol. The quantitative estimate of drug-likeness (QED) is 0.798. The number of hydrogen-bond acceptors (Lipinski definition) is 2. The van der Waals surface area contributed by atoms with Gasteiger partial charge in [-0.3, -0.25) is 9.69 Å². The normalized spacial score (nSPS) is 14.0. The van der Waals surface area contributed by atoms with Crippen LogP contribution in [0, 0.1) is 5.82 Å². The van der Waals surface area contributed by atoms with Crippen molar-refractivity contribution >= 4 is 5.91 Å². The predicted octanol–water partition coefficient (Wildman–Crippen LogP) is 3.17. The van der Waals surface area contributed by atoms with E-state index in [9.17, 15) is 9.18 Å². The Hall–Kier alpha value is -1.42. The van der Waals surface area contributed by atoms with Crippen LogP contribution >= 0.6 is 0 Å². The van der Waals surface area contributed by atoms with Crippen molar-refractivity contribution in [2.45, 2.75) is 46.1 Å². The number of carbonyl (C=O) groups is 1. The highest BCUT2D eigenvalue weighted by Crippen LogP contribution is 2.19. The molecule has 2 atom stereocenters. The molecule has 1 aromatic rings. The second kappa shape index (κ2) is 8.78. The molecule has 21 heavy (non-hydrogen) atoms. The van der Waals surface area contributed by atoms with E-state index in [-0.39, 0.29) is 17.6 Å². The SMILES string of the molecule is CCN(CC)C(C)CNC(=O)CC(C)c1ccc(F)cc1. The van der Waals surface area contributed by atoms with E-state index in [4.69, 9.17) is 0 Å². The molecule has 0 spiro atoms. The van der Waals surface area contributed by atoms with Crippen LogP contribution < -0.4 is 5.32 Å². The monoisotopic (exact) mass is 294 g/mol. The lowest BCUT2D eigenvalue weighted by atomic mass is 9.97. The number of carbonyl (C=O) groups excluding carboxylic acids is 1. The van der Waals surface area contributed by atoms with Gasteiger partial charge in [-0.15, -0.1) is 0 Å². The van der Waals surface area contributed by atoms with Crippen molar-refractivity contribution in [3.05, 3.63) is 35.6 Å². The number of likely N-dealkylation sites (N-methyl/N-ethyl adjacent to an activating group) is 1. The van der Waals surface area contributed by atoms with Gasteiger partial charge < -0.3 is 5.32 Å². The zero-order valence-electron chi connectivity index (χ0n) is 13.5. The Labute approximate surface area is 127 Å². The highest BCUT2D eigenvalue weighted by atomic mass is 19.1. The van der Waals surface area contributed by atoms with Gasteiger partial charge in [0.05, 0.1) is 0 Å². The highest BCUT2D eigenvalue weighted by Gasteiger charge is 2.14. The van der Waals surface area contributed by atoms with Crippen molar-refractivity contribution in [3.8, 4) is 0 Å². The largest absolute Gasteiger partial charge is 0.355 e. The molecule has 0 aliphatic carbocycles. The van der Waals surface area contributed by atoms with E-state index in [1.807, 2.05) is 6.92 Å². The van der Waals surface area contributed by atoms with Crippen LogP contribution in [-0.2, 0) is 4.79 Å². The Bertz CT molecular complexity index is 429. The third-order valence-corrected chi connectivity index (χ3v) is 3.96. The van der Waals surface area contributed by atoms with Crippen molar-refractivity contribution in [1.29, 1.82) is 0 Å². The Morgan fingerprint density at radius 2 is 1.76 bits per heavy atom. The van der Waals surface area contributed by atoms with Gasteiger partial charge in [0.2, 0.25) is 5.91 Å². The van der Waals surface area contributed by atoms with Gasteiger partial charge in [0.1, 0.15) is 5.82 Å². The highest BCUT2D eigenvalue weighted by molar-refractivity contribution is 5.76. The lowest BCUT2D eigenvalue weighted by Crippen LogP contribution is -2.42. The van der Waals surface area contributed by atoms with Crippen molar-refractivity contribution in [1.82, 2.24) is 10.2 Å². The van der Waals surface area contributed by atoms with Crippen LogP contribution in [0.4, 0.5) is 4.39 Å². The molecule has 2 unspecified atom stereocenters. The molecule has 0 aliphatic heterocycles. The van der Waals surface area contributed by atoms with Crippen LogP contribution in [0.25, 0.3) is 0 Å². The third-order valence-electron chi connectivity index (χ3n) is 3.96. The van der Waals surface area contributed by atoms with Gasteiger partial charge in [-0.1, -0.05) is 32.9 Å². The van der Waals surface area contributed by atoms with E-state index in [1.54, 1.807) is 12.1 Å². The predicted molar refractivity (Wildman–Crippen MR) is 84.8 cm³/mol. The summed E-state index contributed by atoms with van der Waals surface area (Å²) in [6.07, 6.45) is 0.427. The molecular formula is C17H27FN2O. The van der Waals surface area contributed by atoms with Crippen molar-refractivity contribution < 1.29 is 9.18 Å². The van der Waals surface area contributed by atoms with E-state index in [0.717, 1.165) is 18.7 Å². The second-order valence-corrected chi connectivity index (χ2v) is 5.53. The smallest absolute Gasteiger partial charge is 0.220 e. The Morgan fingerprint density at radius 1 is 1.19 bits per heavy atom. The molecular weight excluding hydrogens is 267 g/mol. The molecule has 1 N–H and O–H groups in total. The average Bonchev–Trinajstić information content (AvgIpc) is 2.47. The number of amides is 1. The minimum atomic E-state index is -0.247. The molecule has 1 amide bonds. The molecule has 3 nitrogen and oxygen atoms in total. The first-order valence-corrected chi connectivity index (χ1v) is 7.74. The molecule has 1 aromatic carbocycles. The zero-order chi connectivity index (χ0) is 15.8. The first-order chi connectivity index (χ1) is 9.97. The number of rotatable bonds is 8. The van der Waals surface area contributed by atoms with Gasteiger partial charge in [-0.2, -0.15) is 0 Å². The van der Waals surface area contributed by atoms with Crippen LogP contribution in [-0.4, -0.2) is 36.5 Å². The van der Waals surface area contributed by atoms with Gasteiger partial charge in [0, 0.05) is 19.0 Å². The van der Waals surface area contributed by atoms with Crippen LogP contribution in [0.5, 0.6) is 0 Å². The summed E-state index contributed by atoms with van der Waals surface area (Å²) >= 11 is 0. The molecule has 0 aliphatic rings. The fraction of sp³-hybridized carbons (Fsp3) is 0.588. The molecule has 0 radical (unpaired) electrons. The fourth-order valence-corrected chi connectivity index (χ4v) is 2.50. The van der Waals surface area contributed by atoms with E-state index in [1.165, 1.54) is 12.1 Å². The summed E-state index contributed by atoms with van der Waals surface area (Å²) in [4.78, 5) is 14.3. The number of benzene rings is 1. The van der Waals surface area contributed by atoms with E-state index in [0.29, 0.717) is 19.0 Å². The number of halogens is 1. The minimum absolute atomic E-state index is 0.0471. The lowest BCUT2D eigenvalue weighted by Gasteiger charge is -2.26. The van der Waals surface area contributed by atoms with E-state index >= 15 is 0 Å². The number of nitrogens with one attached hydrogen (secondary N) is 1. The third kappa shape index (κ3) is 5.84. The zero-order valence-corrected chi connectivity index (χ0v) is 13.5. The van der Waals surface area contributed by atoms with E-state index < -0.39 is 0 Å². The first-order valence-electron chi connectivity index (χ1n) is 7.74. The van der Waals surface area contributed by atoms with Crippen molar-refractivity contribution in [2.24, 2.45) is 0 Å². The van der Waals surface area contributed by atoms with Crippen LogP contribution in [0.15, 0.2) is 24.3 Å². The van der Waals surface area contributed by atoms with Gasteiger partial charge >= 0.3 is 0 Å². The van der Waals surface area contributed by atoms with Gasteiger partial charge in [-0.25, -0.2) is 4.39 Å². The molecule has 1 rings (SSSR count). The first kappa shape index (κ1) is 17.6. The molecule has 118 valence electrons. The Balaban J connectivity index is 2.41. The summed E-state index contributed by atoms with van der Waals surface area (Å²) in [6.45, 7) is 11.0. The number of nitrogens with zero attached hydrogens (tertiary/aromatic N) is 1. The molecule has 0 heterocycles. The Kier molecular flexibility index (Phi) is 7.37. The summed E-state index contributed by atoms with van der Waals surface area (Å²) in [5.41, 5.74) is 0.989. The topological polar surface area (TPSA) is 32.3 Å². The van der Waals surface area contributed by atoms with Crippen LogP contribution in [0.1, 0.15) is 45.6 Å². The molecule has 0 saturated carbocycles. The molecule has 0 aromatic heterocycles. The van der Waals surface area contributed by atoms with Gasteiger partial charge in [0.15, 0.2) is 0 Å². The molecule has 0 fully saturated rings.